The highest BCUT2D eigenvalue weighted by Gasteiger charge is 2.14. The van der Waals surface area contributed by atoms with Gasteiger partial charge in [0.05, 0.1) is 20.3 Å². The fourth-order valence-corrected chi connectivity index (χ4v) is 1.94. The standard InChI is InChI=1S/C15H24N2O4/c1-4-17-15(19)7-8-16-10-13(18)12-9-11(20-2)5-6-14(12)21-3/h5-6,9,13,16,18H,4,7-8,10H2,1-3H3,(H,17,19). The van der Waals surface area contributed by atoms with E-state index in [1.54, 1.807) is 32.4 Å². The van der Waals surface area contributed by atoms with Crippen LogP contribution in [0.1, 0.15) is 25.0 Å². The maximum absolute atomic E-state index is 11.3. The lowest BCUT2D eigenvalue weighted by Gasteiger charge is -2.16. The van der Waals surface area contributed by atoms with Crippen LogP contribution in [-0.4, -0.2) is 44.9 Å². The summed E-state index contributed by atoms with van der Waals surface area (Å²) in [4.78, 5) is 11.3. The van der Waals surface area contributed by atoms with Crippen LogP contribution in [0.15, 0.2) is 18.2 Å². The van der Waals surface area contributed by atoms with E-state index in [0.717, 1.165) is 0 Å². The van der Waals surface area contributed by atoms with E-state index in [1.165, 1.54) is 0 Å². The summed E-state index contributed by atoms with van der Waals surface area (Å²) in [5, 5.41) is 16.0. The first kappa shape index (κ1) is 17.3. The first-order valence-electron chi connectivity index (χ1n) is 6.99. The number of methoxy groups -OCH3 is 2. The Morgan fingerprint density at radius 3 is 2.71 bits per heavy atom. The molecule has 6 nitrogen and oxygen atoms in total. The zero-order chi connectivity index (χ0) is 15.7. The first-order chi connectivity index (χ1) is 10.1. The van der Waals surface area contributed by atoms with Crippen molar-refractivity contribution in [3.63, 3.8) is 0 Å². The summed E-state index contributed by atoms with van der Waals surface area (Å²) < 4.78 is 10.4. The van der Waals surface area contributed by atoms with E-state index in [4.69, 9.17) is 9.47 Å². The highest BCUT2D eigenvalue weighted by molar-refractivity contribution is 5.75. The van der Waals surface area contributed by atoms with E-state index in [2.05, 4.69) is 10.6 Å². The molecule has 0 saturated carbocycles. The van der Waals surface area contributed by atoms with Gasteiger partial charge in [0.2, 0.25) is 5.91 Å². The van der Waals surface area contributed by atoms with E-state index in [0.29, 0.717) is 43.1 Å². The molecule has 1 amide bonds. The van der Waals surface area contributed by atoms with Crippen molar-refractivity contribution in [2.24, 2.45) is 0 Å². The zero-order valence-electron chi connectivity index (χ0n) is 12.8. The Morgan fingerprint density at radius 2 is 2.10 bits per heavy atom. The van der Waals surface area contributed by atoms with E-state index < -0.39 is 6.10 Å². The Hall–Kier alpha value is -1.79. The van der Waals surface area contributed by atoms with Gasteiger partial charge >= 0.3 is 0 Å². The lowest BCUT2D eigenvalue weighted by atomic mass is 10.1. The van der Waals surface area contributed by atoms with Crippen molar-refractivity contribution in [3.8, 4) is 11.5 Å². The molecule has 0 aliphatic carbocycles. The highest BCUT2D eigenvalue weighted by atomic mass is 16.5. The Labute approximate surface area is 125 Å². The number of aliphatic hydroxyl groups excluding tert-OH is 1. The van der Waals surface area contributed by atoms with Crippen LogP contribution in [0.4, 0.5) is 0 Å². The molecule has 1 rings (SSSR count). The van der Waals surface area contributed by atoms with Gasteiger partial charge < -0.3 is 25.2 Å². The van der Waals surface area contributed by atoms with Crippen molar-refractivity contribution in [3.05, 3.63) is 23.8 Å². The van der Waals surface area contributed by atoms with Crippen LogP contribution in [0.2, 0.25) is 0 Å². The molecular formula is C15H24N2O4. The monoisotopic (exact) mass is 296 g/mol. The predicted octanol–water partition coefficient (Wildman–Crippen LogP) is 0.853. The molecule has 0 aliphatic rings. The van der Waals surface area contributed by atoms with Crippen LogP contribution in [0.25, 0.3) is 0 Å². The molecule has 0 bridgehead atoms. The van der Waals surface area contributed by atoms with Gasteiger partial charge in [-0.15, -0.1) is 0 Å². The van der Waals surface area contributed by atoms with Crippen molar-refractivity contribution in [1.29, 1.82) is 0 Å². The molecule has 0 spiro atoms. The second kappa shape index (κ2) is 9.20. The largest absolute Gasteiger partial charge is 0.497 e. The van der Waals surface area contributed by atoms with Crippen molar-refractivity contribution in [1.82, 2.24) is 10.6 Å². The normalized spacial score (nSPS) is 11.8. The van der Waals surface area contributed by atoms with Crippen molar-refractivity contribution in [2.45, 2.75) is 19.4 Å². The van der Waals surface area contributed by atoms with E-state index in [1.807, 2.05) is 6.92 Å². The number of amides is 1. The van der Waals surface area contributed by atoms with E-state index in [9.17, 15) is 9.90 Å². The Bertz CT molecular complexity index is 451. The average molecular weight is 296 g/mol. The maximum atomic E-state index is 11.3. The molecule has 0 radical (unpaired) electrons. The second-order valence-corrected chi connectivity index (χ2v) is 4.53. The molecule has 0 saturated heterocycles. The van der Waals surface area contributed by atoms with Gasteiger partial charge in [-0.05, 0) is 25.1 Å². The number of carbonyl (C=O) groups is 1. The summed E-state index contributed by atoms with van der Waals surface area (Å²) in [6, 6.07) is 5.28. The molecule has 1 aromatic carbocycles. The molecule has 0 aliphatic heterocycles. The van der Waals surface area contributed by atoms with Crippen LogP contribution < -0.4 is 20.1 Å². The molecule has 0 fully saturated rings. The van der Waals surface area contributed by atoms with Gasteiger partial charge in [0, 0.05) is 31.6 Å². The third-order valence-corrected chi connectivity index (χ3v) is 3.04. The molecule has 0 heterocycles. The summed E-state index contributed by atoms with van der Waals surface area (Å²) >= 11 is 0. The molecule has 21 heavy (non-hydrogen) atoms. The van der Waals surface area contributed by atoms with Crippen LogP contribution in [-0.2, 0) is 4.79 Å². The molecule has 118 valence electrons. The average Bonchev–Trinajstić information content (AvgIpc) is 2.50. The van der Waals surface area contributed by atoms with E-state index >= 15 is 0 Å². The highest BCUT2D eigenvalue weighted by Crippen LogP contribution is 2.28. The number of ether oxygens (including phenoxy) is 2. The number of nitrogens with one attached hydrogen (secondary N) is 2. The smallest absolute Gasteiger partial charge is 0.221 e. The zero-order valence-corrected chi connectivity index (χ0v) is 12.8. The summed E-state index contributed by atoms with van der Waals surface area (Å²) in [5.74, 6) is 1.26. The summed E-state index contributed by atoms with van der Waals surface area (Å²) in [7, 11) is 3.13. The van der Waals surface area contributed by atoms with Crippen LogP contribution in [0.5, 0.6) is 11.5 Å². The maximum Gasteiger partial charge on any atom is 0.221 e. The summed E-state index contributed by atoms with van der Waals surface area (Å²) in [6.45, 7) is 3.35. The molecule has 0 aromatic heterocycles. The van der Waals surface area contributed by atoms with Gasteiger partial charge in [-0.2, -0.15) is 0 Å². The fraction of sp³-hybridized carbons (Fsp3) is 0.533. The number of hydrogen-bond donors (Lipinski definition) is 3. The quantitative estimate of drug-likeness (QED) is 0.589. The third kappa shape index (κ3) is 5.61. The minimum atomic E-state index is -0.732. The van der Waals surface area contributed by atoms with Gasteiger partial charge in [0.1, 0.15) is 11.5 Å². The minimum absolute atomic E-state index is 0.00143. The van der Waals surface area contributed by atoms with Crippen molar-refractivity contribution >= 4 is 5.91 Å². The number of benzene rings is 1. The first-order valence-corrected chi connectivity index (χ1v) is 6.99. The van der Waals surface area contributed by atoms with Crippen molar-refractivity contribution in [2.75, 3.05) is 33.9 Å². The SMILES string of the molecule is CCNC(=O)CCNCC(O)c1cc(OC)ccc1OC. The van der Waals surface area contributed by atoms with Gasteiger partial charge in [0.15, 0.2) is 0 Å². The van der Waals surface area contributed by atoms with E-state index in [-0.39, 0.29) is 5.91 Å². The molecule has 3 N–H and O–H groups in total. The number of carbonyl (C=O) groups excluding carboxylic acids is 1. The minimum Gasteiger partial charge on any atom is -0.497 e. The lowest BCUT2D eigenvalue weighted by Crippen LogP contribution is -2.29. The number of rotatable bonds is 9. The summed E-state index contributed by atoms with van der Waals surface area (Å²) in [6.07, 6.45) is -0.347. The topological polar surface area (TPSA) is 79.8 Å². The van der Waals surface area contributed by atoms with Crippen LogP contribution >= 0.6 is 0 Å². The predicted molar refractivity (Wildman–Crippen MR) is 80.7 cm³/mol. The van der Waals surface area contributed by atoms with Crippen LogP contribution in [0.3, 0.4) is 0 Å². The third-order valence-electron chi connectivity index (χ3n) is 3.04. The number of hydrogen-bond acceptors (Lipinski definition) is 5. The molecule has 1 atom stereocenters. The lowest BCUT2D eigenvalue weighted by molar-refractivity contribution is -0.120. The second-order valence-electron chi connectivity index (χ2n) is 4.53. The Kier molecular flexibility index (Phi) is 7.56. The summed E-state index contributed by atoms with van der Waals surface area (Å²) in [5.41, 5.74) is 0.655. The molecule has 6 heteroatoms. The van der Waals surface area contributed by atoms with Gasteiger partial charge in [0.25, 0.3) is 0 Å². The molecular weight excluding hydrogens is 272 g/mol. The molecule has 1 aromatic rings. The molecule has 1 unspecified atom stereocenters. The Balaban J connectivity index is 2.51. The van der Waals surface area contributed by atoms with Crippen LogP contribution in [0, 0.1) is 0 Å². The fourth-order valence-electron chi connectivity index (χ4n) is 1.94. The van der Waals surface area contributed by atoms with Crippen molar-refractivity contribution < 1.29 is 19.4 Å². The van der Waals surface area contributed by atoms with Gasteiger partial charge in [-0.25, -0.2) is 0 Å². The van der Waals surface area contributed by atoms with Gasteiger partial charge in [-0.1, -0.05) is 0 Å². The Morgan fingerprint density at radius 1 is 1.33 bits per heavy atom. The number of aliphatic hydroxyl groups is 1. The van der Waals surface area contributed by atoms with Gasteiger partial charge in [-0.3, -0.25) is 4.79 Å².